The second-order valence-corrected chi connectivity index (χ2v) is 5.31. The van der Waals surface area contributed by atoms with Crippen LogP contribution in [0.3, 0.4) is 0 Å². The van der Waals surface area contributed by atoms with Crippen LogP contribution in [-0.2, 0) is 0 Å². The largest absolute Gasteiger partial charge is 0.399 e. The molecule has 0 aliphatic heterocycles. The monoisotopic (exact) mass is 323 g/mol. The van der Waals surface area contributed by atoms with Crippen molar-refractivity contribution in [3.05, 3.63) is 62.6 Å². The summed E-state index contributed by atoms with van der Waals surface area (Å²) in [7, 11) is 0. The van der Waals surface area contributed by atoms with Crippen molar-refractivity contribution in [2.75, 3.05) is 5.73 Å². The number of nitrogens with two attached hydrogens (primary N) is 1. The first kappa shape index (κ1) is 13.1. The summed E-state index contributed by atoms with van der Waals surface area (Å²) in [6, 6.07) is 10.5. The molecule has 0 atom stereocenters. The van der Waals surface area contributed by atoms with E-state index in [-0.39, 0.29) is 5.78 Å². The molecule has 2 rings (SSSR count). The number of hydrogen-bond donors (Lipinski definition) is 1. The van der Waals surface area contributed by atoms with E-state index in [4.69, 9.17) is 17.3 Å². The molecule has 0 saturated carbocycles. The number of rotatable bonds is 2. The molecule has 2 N–H and O–H groups in total. The number of anilines is 1. The molecule has 0 saturated heterocycles. The molecule has 0 aromatic heterocycles. The Labute approximate surface area is 119 Å². The molecule has 0 unspecified atom stereocenters. The molecule has 18 heavy (non-hydrogen) atoms. The Morgan fingerprint density at radius 3 is 2.44 bits per heavy atom. The molecular weight excluding hydrogens is 314 g/mol. The normalized spacial score (nSPS) is 10.4. The van der Waals surface area contributed by atoms with Gasteiger partial charge in [0.2, 0.25) is 0 Å². The van der Waals surface area contributed by atoms with Crippen molar-refractivity contribution in [1.29, 1.82) is 0 Å². The van der Waals surface area contributed by atoms with Crippen LogP contribution in [0.1, 0.15) is 21.5 Å². The predicted octanol–water partition coefficient (Wildman–Crippen LogP) is 4.22. The minimum Gasteiger partial charge on any atom is -0.399 e. The number of ketones is 1. The second-order valence-electron chi connectivity index (χ2n) is 4.05. The molecule has 92 valence electrons. The molecule has 4 heteroatoms. The zero-order valence-electron chi connectivity index (χ0n) is 9.71. The average molecular weight is 325 g/mol. The van der Waals surface area contributed by atoms with E-state index >= 15 is 0 Å². The van der Waals surface area contributed by atoms with Gasteiger partial charge in [-0.3, -0.25) is 4.79 Å². The van der Waals surface area contributed by atoms with Crippen LogP contribution in [0.15, 0.2) is 40.9 Å². The van der Waals surface area contributed by atoms with Gasteiger partial charge in [-0.15, -0.1) is 0 Å². The lowest BCUT2D eigenvalue weighted by atomic mass is 10.0. The van der Waals surface area contributed by atoms with Crippen molar-refractivity contribution in [1.82, 2.24) is 0 Å². The molecule has 0 fully saturated rings. The minimum atomic E-state index is -0.119. The first-order valence-corrected chi connectivity index (χ1v) is 6.52. The Morgan fingerprint density at radius 2 is 1.83 bits per heavy atom. The highest BCUT2D eigenvalue weighted by molar-refractivity contribution is 9.10. The molecule has 0 spiro atoms. The number of carbonyl (C=O) groups is 1. The van der Waals surface area contributed by atoms with Gasteiger partial charge in [-0.2, -0.15) is 0 Å². The van der Waals surface area contributed by atoms with Crippen molar-refractivity contribution < 1.29 is 4.79 Å². The summed E-state index contributed by atoms with van der Waals surface area (Å²) in [5.41, 5.74) is 8.32. The highest BCUT2D eigenvalue weighted by Gasteiger charge is 2.15. The van der Waals surface area contributed by atoms with Crippen LogP contribution in [0.5, 0.6) is 0 Å². The molecule has 2 aromatic carbocycles. The van der Waals surface area contributed by atoms with Gasteiger partial charge < -0.3 is 5.73 Å². The fourth-order valence-corrected chi connectivity index (χ4v) is 2.56. The lowest BCUT2D eigenvalue weighted by Gasteiger charge is -2.07. The molecule has 2 nitrogen and oxygen atoms in total. The van der Waals surface area contributed by atoms with E-state index in [1.54, 1.807) is 30.3 Å². The highest BCUT2D eigenvalue weighted by Crippen LogP contribution is 2.26. The summed E-state index contributed by atoms with van der Waals surface area (Å²) < 4.78 is 0.671. The Bertz CT molecular complexity index is 572. The number of benzene rings is 2. The van der Waals surface area contributed by atoms with Crippen molar-refractivity contribution in [2.24, 2.45) is 0 Å². The van der Waals surface area contributed by atoms with E-state index in [0.29, 0.717) is 26.3 Å². The molecule has 0 radical (unpaired) electrons. The Hall–Kier alpha value is -1.32. The van der Waals surface area contributed by atoms with Gasteiger partial charge in [-0.05, 0) is 58.7 Å². The summed E-state index contributed by atoms with van der Waals surface area (Å²) in [6.45, 7) is 1.93. The zero-order chi connectivity index (χ0) is 13.3. The summed E-state index contributed by atoms with van der Waals surface area (Å²) in [5, 5.41) is 0.462. The summed E-state index contributed by atoms with van der Waals surface area (Å²) in [4.78, 5) is 12.4. The summed E-state index contributed by atoms with van der Waals surface area (Å²) in [5.74, 6) is -0.119. The van der Waals surface area contributed by atoms with Gasteiger partial charge in [0, 0.05) is 21.3 Å². The Kier molecular flexibility index (Phi) is 3.73. The molecule has 0 aliphatic carbocycles. The molecule has 0 amide bonds. The van der Waals surface area contributed by atoms with Gasteiger partial charge in [0.25, 0.3) is 0 Å². The maximum atomic E-state index is 12.4. The van der Waals surface area contributed by atoms with E-state index in [9.17, 15) is 4.79 Å². The van der Waals surface area contributed by atoms with E-state index in [0.717, 1.165) is 5.56 Å². The van der Waals surface area contributed by atoms with E-state index < -0.39 is 0 Å². The van der Waals surface area contributed by atoms with E-state index in [1.165, 1.54) is 0 Å². The standard InChI is InChI=1S/C14H11BrClNO/c1-8-2-4-11(13(16)6-8)14(18)10-5-3-9(17)7-12(10)15/h2-7H,17H2,1H3. The second kappa shape index (κ2) is 5.12. The predicted molar refractivity (Wildman–Crippen MR) is 78.2 cm³/mol. The van der Waals surface area contributed by atoms with Gasteiger partial charge in [-0.1, -0.05) is 17.7 Å². The number of carbonyl (C=O) groups excluding carboxylic acids is 1. The topological polar surface area (TPSA) is 43.1 Å². The molecule has 0 heterocycles. The number of aryl methyl sites for hydroxylation is 1. The van der Waals surface area contributed by atoms with Crippen LogP contribution in [-0.4, -0.2) is 5.78 Å². The third-order valence-corrected chi connectivity index (χ3v) is 3.58. The lowest BCUT2D eigenvalue weighted by molar-refractivity contribution is 0.103. The third kappa shape index (κ3) is 2.57. The van der Waals surface area contributed by atoms with E-state index in [1.807, 2.05) is 13.0 Å². The smallest absolute Gasteiger partial charge is 0.195 e. The summed E-state index contributed by atoms with van der Waals surface area (Å²) in [6.07, 6.45) is 0. The Balaban J connectivity index is 2.48. The molecular formula is C14H11BrClNO. The zero-order valence-corrected chi connectivity index (χ0v) is 12.0. The number of halogens is 2. The van der Waals surface area contributed by atoms with Gasteiger partial charge >= 0.3 is 0 Å². The maximum absolute atomic E-state index is 12.4. The van der Waals surface area contributed by atoms with Crippen LogP contribution in [0, 0.1) is 6.92 Å². The number of nitrogen functional groups attached to an aromatic ring is 1. The van der Waals surface area contributed by atoms with Crippen molar-refractivity contribution in [3.8, 4) is 0 Å². The Morgan fingerprint density at radius 1 is 1.17 bits per heavy atom. The number of hydrogen-bond acceptors (Lipinski definition) is 2. The highest BCUT2D eigenvalue weighted by atomic mass is 79.9. The van der Waals surface area contributed by atoms with E-state index in [2.05, 4.69) is 15.9 Å². The fourth-order valence-electron chi connectivity index (χ4n) is 1.66. The van der Waals surface area contributed by atoms with Crippen LogP contribution in [0.25, 0.3) is 0 Å². The molecule has 0 aliphatic rings. The van der Waals surface area contributed by atoms with Crippen molar-refractivity contribution in [2.45, 2.75) is 6.92 Å². The molecule has 2 aromatic rings. The molecule has 0 bridgehead atoms. The van der Waals surface area contributed by atoms with Gasteiger partial charge in [0.05, 0.1) is 5.02 Å². The SMILES string of the molecule is Cc1ccc(C(=O)c2ccc(N)cc2Br)c(Cl)c1. The minimum absolute atomic E-state index is 0.119. The maximum Gasteiger partial charge on any atom is 0.195 e. The van der Waals surface area contributed by atoms with Crippen molar-refractivity contribution >= 4 is 39.0 Å². The summed E-state index contributed by atoms with van der Waals surface area (Å²) >= 11 is 9.44. The lowest BCUT2D eigenvalue weighted by Crippen LogP contribution is -2.04. The first-order chi connectivity index (χ1) is 8.49. The van der Waals surface area contributed by atoms with Gasteiger partial charge in [-0.25, -0.2) is 0 Å². The van der Waals surface area contributed by atoms with Crippen molar-refractivity contribution in [3.63, 3.8) is 0 Å². The van der Waals surface area contributed by atoms with Crippen LogP contribution < -0.4 is 5.73 Å². The fraction of sp³-hybridized carbons (Fsp3) is 0.0714. The van der Waals surface area contributed by atoms with Crippen LogP contribution in [0.2, 0.25) is 5.02 Å². The quantitative estimate of drug-likeness (QED) is 0.664. The van der Waals surface area contributed by atoms with Gasteiger partial charge in [0.15, 0.2) is 5.78 Å². The average Bonchev–Trinajstić information content (AvgIpc) is 2.28. The van der Waals surface area contributed by atoms with Crippen LogP contribution in [0.4, 0.5) is 5.69 Å². The van der Waals surface area contributed by atoms with Crippen LogP contribution >= 0.6 is 27.5 Å². The third-order valence-electron chi connectivity index (χ3n) is 2.61. The van der Waals surface area contributed by atoms with Gasteiger partial charge in [0.1, 0.15) is 0 Å². The first-order valence-electron chi connectivity index (χ1n) is 5.35.